The predicted octanol–water partition coefficient (Wildman–Crippen LogP) is 3.84. The Morgan fingerprint density at radius 2 is 1.53 bits per heavy atom. The summed E-state index contributed by atoms with van der Waals surface area (Å²) in [6, 6.07) is 3.44. The topological polar surface area (TPSA) is 9.23 Å². The summed E-state index contributed by atoms with van der Waals surface area (Å²) < 4.78 is 31.5. The van der Waals surface area contributed by atoms with Crippen LogP contribution in [0, 0.1) is 11.6 Å². The van der Waals surface area contributed by atoms with E-state index < -0.39 is 11.6 Å². The van der Waals surface area contributed by atoms with Crippen molar-refractivity contribution in [1.29, 1.82) is 0 Å². The third-order valence-electron chi connectivity index (χ3n) is 1.88. The number of halogens is 2. The zero-order valence-corrected chi connectivity index (χ0v) is 9.47. The molecular weight excluding hydrogens is 198 g/mol. The molecule has 15 heavy (non-hydrogen) atoms. The molecule has 1 aromatic rings. The normalized spacial score (nSPS) is 14.0. The summed E-state index contributed by atoms with van der Waals surface area (Å²) in [5, 5.41) is 0. The molecule has 0 N–H and O–H groups in total. The minimum atomic E-state index is -0.575. The summed E-state index contributed by atoms with van der Waals surface area (Å²) in [4.78, 5) is 0. The number of hydrogen-bond donors (Lipinski definition) is 0. The van der Waals surface area contributed by atoms with Crippen LogP contribution in [0.1, 0.15) is 39.4 Å². The van der Waals surface area contributed by atoms with E-state index in [1.54, 1.807) is 6.92 Å². The second-order valence-corrected chi connectivity index (χ2v) is 4.58. The highest BCUT2D eigenvalue weighted by Crippen LogP contribution is 2.24. The molecule has 1 atom stereocenters. The molecule has 0 aromatic heterocycles. The van der Waals surface area contributed by atoms with Crippen LogP contribution in [0.15, 0.2) is 18.2 Å². The summed E-state index contributed by atoms with van der Waals surface area (Å²) in [5.41, 5.74) is 0.185. The maximum absolute atomic E-state index is 12.9. The van der Waals surface area contributed by atoms with Crippen molar-refractivity contribution in [1.82, 2.24) is 0 Å². The summed E-state index contributed by atoms with van der Waals surface area (Å²) in [7, 11) is 0. The molecule has 0 fully saturated rings. The smallest absolute Gasteiger partial charge is 0.126 e. The third kappa shape index (κ3) is 3.96. The first-order chi connectivity index (χ1) is 6.78. The van der Waals surface area contributed by atoms with Crippen molar-refractivity contribution >= 4 is 0 Å². The number of rotatable bonds is 2. The number of hydrogen-bond acceptors (Lipinski definition) is 1. The highest BCUT2D eigenvalue weighted by molar-refractivity contribution is 5.19. The molecule has 84 valence electrons. The van der Waals surface area contributed by atoms with Gasteiger partial charge in [0.2, 0.25) is 0 Å². The van der Waals surface area contributed by atoms with Crippen LogP contribution in [0.5, 0.6) is 0 Å². The van der Waals surface area contributed by atoms with Crippen molar-refractivity contribution in [2.75, 3.05) is 0 Å². The van der Waals surface area contributed by atoms with E-state index in [0.717, 1.165) is 6.07 Å². The van der Waals surface area contributed by atoms with Gasteiger partial charge in [-0.2, -0.15) is 0 Å². The zero-order chi connectivity index (χ0) is 11.6. The Bertz CT molecular complexity index is 322. The number of ether oxygens (including phenoxy) is 1. The fourth-order valence-corrected chi connectivity index (χ4v) is 1.41. The molecule has 1 nitrogen and oxygen atoms in total. The van der Waals surface area contributed by atoms with Gasteiger partial charge in [0.05, 0.1) is 11.7 Å². The van der Waals surface area contributed by atoms with Crippen LogP contribution >= 0.6 is 0 Å². The third-order valence-corrected chi connectivity index (χ3v) is 1.88. The van der Waals surface area contributed by atoms with Gasteiger partial charge >= 0.3 is 0 Å². The molecule has 0 saturated heterocycles. The molecular formula is C12H16F2O. The van der Waals surface area contributed by atoms with E-state index in [1.165, 1.54) is 12.1 Å². The summed E-state index contributed by atoms with van der Waals surface area (Å²) in [6.07, 6.45) is -0.324. The average Bonchev–Trinajstić information content (AvgIpc) is 1.98. The minimum Gasteiger partial charge on any atom is -0.368 e. The van der Waals surface area contributed by atoms with Crippen LogP contribution in [0.2, 0.25) is 0 Å². The van der Waals surface area contributed by atoms with E-state index in [-0.39, 0.29) is 11.7 Å². The van der Waals surface area contributed by atoms with Gasteiger partial charge in [-0.1, -0.05) is 0 Å². The van der Waals surface area contributed by atoms with Gasteiger partial charge in [0.25, 0.3) is 0 Å². The van der Waals surface area contributed by atoms with Crippen LogP contribution in [0.25, 0.3) is 0 Å². The van der Waals surface area contributed by atoms with Crippen molar-refractivity contribution in [3.8, 4) is 0 Å². The Morgan fingerprint density at radius 1 is 1.07 bits per heavy atom. The van der Waals surface area contributed by atoms with Crippen LogP contribution in [0.3, 0.4) is 0 Å². The zero-order valence-electron chi connectivity index (χ0n) is 9.47. The molecule has 0 radical (unpaired) electrons. The molecule has 0 amide bonds. The molecule has 0 spiro atoms. The van der Waals surface area contributed by atoms with Crippen LogP contribution in [-0.2, 0) is 4.74 Å². The first kappa shape index (κ1) is 12.1. The molecule has 0 aliphatic rings. The standard InChI is InChI=1S/C12H16F2O/c1-8(15-12(2,3)4)9-5-10(13)7-11(14)6-9/h5-8H,1-4H3. The van der Waals surface area contributed by atoms with Crippen LogP contribution < -0.4 is 0 Å². The van der Waals surface area contributed by atoms with Crippen LogP contribution in [-0.4, -0.2) is 5.60 Å². The molecule has 1 rings (SSSR count). The van der Waals surface area contributed by atoms with Crippen molar-refractivity contribution in [2.45, 2.75) is 39.4 Å². The van der Waals surface area contributed by atoms with E-state index in [2.05, 4.69) is 0 Å². The molecule has 3 heteroatoms. The van der Waals surface area contributed by atoms with Gasteiger partial charge in [0.1, 0.15) is 11.6 Å². The fourth-order valence-electron chi connectivity index (χ4n) is 1.41. The molecule has 1 aromatic carbocycles. The van der Waals surface area contributed by atoms with E-state index in [9.17, 15) is 8.78 Å². The molecule has 1 unspecified atom stereocenters. The Morgan fingerprint density at radius 3 is 1.93 bits per heavy atom. The monoisotopic (exact) mass is 214 g/mol. The Kier molecular flexibility index (Phi) is 3.45. The molecule has 0 aliphatic heterocycles. The van der Waals surface area contributed by atoms with Crippen molar-refractivity contribution < 1.29 is 13.5 Å². The maximum atomic E-state index is 12.9. The lowest BCUT2D eigenvalue weighted by Crippen LogP contribution is -2.21. The lowest BCUT2D eigenvalue weighted by molar-refractivity contribution is -0.0531. The van der Waals surface area contributed by atoms with Crippen molar-refractivity contribution in [3.05, 3.63) is 35.4 Å². The van der Waals surface area contributed by atoms with E-state index in [4.69, 9.17) is 4.74 Å². The van der Waals surface area contributed by atoms with E-state index in [0.29, 0.717) is 5.56 Å². The van der Waals surface area contributed by atoms with Crippen molar-refractivity contribution in [2.24, 2.45) is 0 Å². The van der Waals surface area contributed by atoms with Gasteiger partial charge in [0, 0.05) is 6.07 Å². The van der Waals surface area contributed by atoms with Gasteiger partial charge in [-0.15, -0.1) is 0 Å². The largest absolute Gasteiger partial charge is 0.368 e. The second-order valence-electron chi connectivity index (χ2n) is 4.58. The molecule has 0 saturated carbocycles. The van der Waals surface area contributed by atoms with E-state index in [1.807, 2.05) is 20.8 Å². The van der Waals surface area contributed by atoms with Gasteiger partial charge in [-0.25, -0.2) is 8.78 Å². The Hall–Kier alpha value is -0.960. The summed E-state index contributed by atoms with van der Waals surface area (Å²) >= 11 is 0. The Labute approximate surface area is 89.1 Å². The first-order valence-corrected chi connectivity index (χ1v) is 4.92. The molecule has 0 heterocycles. The van der Waals surface area contributed by atoms with Crippen molar-refractivity contribution in [3.63, 3.8) is 0 Å². The summed E-state index contributed by atoms with van der Waals surface area (Å²) in [5.74, 6) is -1.15. The summed E-state index contributed by atoms with van der Waals surface area (Å²) in [6.45, 7) is 7.48. The number of benzene rings is 1. The Balaban J connectivity index is 2.86. The SMILES string of the molecule is CC(OC(C)(C)C)c1cc(F)cc(F)c1. The van der Waals surface area contributed by atoms with Gasteiger partial charge in [0.15, 0.2) is 0 Å². The molecule has 0 aliphatic carbocycles. The lowest BCUT2D eigenvalue weighted by Gasteiger charge is -2.25. The maximum Gasteiger partial charge on any atom is 0.126 e. The van der Waals surface area contributed by atoms with Gasteiger partial charge in [-0.3, -0.25) is 0 Å². The highest BCUT2D eigenvalue weighted by atomic mass is 19.1. The predicted molar refractivity (Wildman–Crippen MR) is 55.6 cm³/mol. The minimum absolute atomic E-state index is 0.324. The first-order valence-electron chi connectivity index (χ1n) is 4.92. The fraction of sp³-hybridized carbons (Fsp3) is 0.500. The average molecular weight is 214 g/mol. The highest BCUT2D eigenvalue weighted by Gasteiger charge is 2.17. The second kappa shape index (κ2) is 4.27. The lowest BCUT2D eigenvalue weighted by atomic mass is 10.1. The quantitative estimate of drug-likeness (QED) is 0.726. The van der Waals surface area contributed by atoms with Crippen LogP contribution in [0.4, 0.5) is 8.78 Å². The van der Waals surface area contributed by atoms with Gasteiger partial charge < -0.3 is 4.74 Å². The van der Waals surface area contributed by atoms with Gasteiger partial charge in [-0.05, 0) is 45.4 Å². The molecule has 0 bridgehead atoms. The van der Waals surface area contributed by atoms with E-state index >= 15 is 0 Å².